The lowest BCUT2D eigenvalue weighted by molar-refractivity contribution is 0.497. The average molecular weight is 167 g/mol. The van der Waals surface area contributed by atoms with Crippen molar-refractivity contribution in [2.75, 3.05) is 0 Å². The smallest absolute Gasteiger partial charge is 0.199 e. The van der Waals surface area contributed by atoms with Gasteiger partial charge in [-0.3, -0.25) is 0 Å². The van der Waals surface area contributed by atoms with E-state index >= 15 is 0 Å². The van der Waals surface area contributed by atoms with E-state index in [9.17, 15) is 0 Å². The maximum Gasteiger partial charge on any atom is 0.199 e. The van der Waals surface area contributed by atoms with Gasteiger partial charge in [0.2, 0.25) is 0 Å². The van der Waals surface area contributed by atoms with E-state index in [-0.39, 0.29) is 0 Å². The topological polar surface area (TPSA) is 64.2 Å². The third-order valence-electron chi connectivity index (χ3n) is 1.23. The summed E-state index contributed by atoms with van der Waals surface area (Å²) in [6.07, 6.45) is 0. The summed E-state index contributed by atoms with van der Waals surface area (Å²) in [5, 5.41) is 8.85. The Labute approximate surface area is 65.5 Å². The molecule has 1 aromatic rings. The summed E-state index contributed by atoms with van der Waals surface area (Å²) in [5.74, 6) is 0. The lowest BCUT2D eigenvalue weighted by Crippen LogP contribution is -1.97. The highest BCUT2D eigenvalue weighted by Gasteiger charge is 2.01. The van der Waals surface area contributed by atoms with Crippen LogP contribution in [-0.2, 0) is 0 Å². The number of hydrogen-bond acceptors (Lipinski definition) is 3. The van der Waals surface area contributed by atoms with Crippen molar-refractivity contribution in [2.24, 2.45) is 0 Å². The van der Waals surface area contributed by atoms with Crippen molar-refractivity contribution in [2.45, 2.75) is 0 Å². The summed E-state index contributed by atoms with van der Waals surface area (Å²) in [6, 6.07) is 8.11. The van der Waals surface area contributed by atoms with E-state index in [4.69, 9.17) is 15.0 Å². The zero-order valence-electron chi connectivity index (χ0n) is 5.60. The van der Waals surface area contributed by atoms with Crippen LogP contribution in [0, 0.1) is 11.3 Å². The minimum Gasteiger partial charge on any atom is -0.347 e. The summed E-state index contributed by atoms with van der Waals surface area (Å²) >= 11 is 0. The van der Waals surface area contributed by atoms with Crippen LogP contribution in [0.1, 0.15) is 5.56 Å². The Morgan fingerprint density at radius 1 is 1.18 bits per heavy atom. The van der Waals surface area contributed by atoms with E-state index in [0.717, 1.165) is 0 Å². The van der Waals surface area contributed by atoms with Crippen molar-refractivity contribution in [3.05, 3.63) is 29.8 Å². The van der Waals surface area contributed by atoms with E-state index in [0.29, 0.717) is 10.9 Å². The quantitative estimate of drug-likeness (QED) is 0.598. The van der Waals surface area contributed by atoms with Crippen LogP contribution >= 0.6 is 8.38 Å². The first-order valence-electron chi connectivity index (χ1n) is 2.92. The lowest BCUT2D eigenvalue weighted by atomic mass is 10.2. The summed E-state index contributed by atoms with van der Waals surface area (Å²) < 4.78 is 0. The van der Waals surface area contributed by atoms with Crippen LogP contribution in [0.5, 0.6) is 0 Å². The summed E-state index contributed by atoms with van der Waals surface area (Å²) in [7, 11) is -2.02. The number of nitrogens with zero attached hydrogens (tertiary/aromatic N) is 1. The van der Waals surface area contributed by atoms with Crippen molar-refractivity contribution in [3.8, 4) is 6.07 Å². The van der Waals surface area contributed by atoms with Crippen LogP contribution in [0.4, 0.5) is 0 Å². The Kier molecular flexibility index (Phi) is 2.56. The Hall–Kier alpha value is -0.940. The highest BCUT2D eigenvalue weighted by molar-refractivity contribution is 7.54. The van der Waals surface area contributed by atoms with Gasteiger partial charge in [0.05, 0.1) is 11.6 Å². The molecule has 0 aliphatic rings. The molecule has 4 heteroatoms. The number of hydrogen-bond donors (Lipinski definition) is 2. The molecule has 3 nitrogen and oxygen atoms in total. The third kappa shape index (κ3) is 1.99. The molecule has 0 saturated heterocycles. The monoisotopic (exact) mass is 167 g/mol. The number of benzene rings is 1. The van der Waals surface area contributed by atoms with E-state index in [1.165, 1.54) is 12.1 Å². The second kappa shape index (κ2) is 3.45. The molecule has 0 atom stereocenters. The SMILES string of the molecule is N#Cc1ccc(P(O)O)cc1. The predicted octanol–water partition coefficient (Wildman–Crippen LogP) is 0.480. The average Bonchev–Trinajstić information content (AvgIpc) is 2.05. The molecule has 0 spiro atoms. The molecule has 0 aliphatic carbocycles. The van der Waals surface area contributed by atoms with Crippen LogP contribution in [0.25, 0.3) is 0 Å². The molecule has 0 unspecified atom stereocenters. The molecule has 0 radical (unpaired) electrons. The van der Waals surface area contributed by atoms with E-state index in [1.807, 2.05) is 6.07 Å². The van der Waals surface area contributed by atoms with Crippen LogP contribution in [-0.4, -0.2) is 9.79 Å². The van der Waals surface area contributed by atoms with Gasteiger partial charge in [-0.2, -0.15) is 5.26 Å². The molecule has 0 aliphatic heterocycles. The van der Waals surface area contributed by atoms with Crippen molar-refractivity contribution in [3.63, 3.8) is 0 Å². The largest absolute Gasteiger partial charge is 0.347 e. The minimum absolute atomic E-state index is 0.457. The number of nitriles is 1. The van der Waals surface area contributed by atoms with Crippen LogP contribution in [0.2, 0.25) is 0 Å². The zero-order valence-corrected chi connectivity index (χ0v) is 6.49. The molecular weight excluding hydrogens is 161 g/mol. The molecule has 1 rings (SSSR count). The van der Waals surface area contributed by atoms with Crippen molar-refractivity contribution in [1.29, 1.82) is 5.26 Å². The summed E-state index contributed by atoms with van der Waals surface area (Å²) in [6.45, 7) is 0. The van der Waals surface area contributed by atoms with Crippen LogP contribution < -0.4 is 5.30 Å². The number of rotatable bonds is 1. The van der Waals surface area contributed by atoms with Gasteiger partial charge in [-0.25, -0.2) is 0 Å². The Bertz CT molecular complexity index is 275. The molecular formula is C7H6NO2P. The molecule has 1 aromatic carbocycles. The first kappa shape index (κ1) is 8.16. The van der Waals surface area contributed by atoms with Gasteiger partial charge >= 0.3 is 0 Å². The Morgan fingerprint density at radius 2 is 1.73 bits per heavy atom. The van der Waals surface area contributed by atoms with Gasteiger partial charge in [-0.1, -0.05) is 0 Å². The van der Waals surface area contributed by atoms with E-state index in [1.54, 1.807) is 12.1 Å². The van der Waals surface area contributed by atoms with Crippen molar-refractivity contribution >= 4 is 13.7 Å². The van der Waals surface area contributed by atoms with E-state index in [2.05, 4.69) is 0 Å². The van der Waals surface area contributed by atoms with Crippen LogP contribution in [0.3, 0.4) is 0 Å². The van der Waals surface area contributed by atoms with Crippen molar-refractivity contribution in [1.82, 2.24) is 0 Å². The molecule has 2 N–H and O–H groups in total. The van der Waals surface area contributed by atoms with Gasteiger partial charge in [-0.05, 0) is 24.3 Å². The predicted molar refractivity (Wildman–Crippen MR) is 42.1 cm³/mol. The third-order valence-corrected chi connectivity index (χ3v) is 1.99. The van der Waals surface area contributed by atoms with Gasteiger partial charge in [0.15, 0.2) is 8.38 Å². The lowest BCUT2D eigenvalue weighted by Gasteiger charge is -1.99. The summed E-state index contributed by atoms with van der Waals surface area (Å²) in [5.41, 5.74) is 0.519. The van der Waals surface area contributed by atoms with Gasteiger partial charge < -0.3 is 9.79 Å². The summed E-state index contributed by atoms with van der Waals surface area (Å²) in [4.78, 5) is 17.4. The Morgan fingerprint density at radius 3 is 2.09 bits per heavy atom. The molecule has 11 heavy (non-hydrogen) atoms. The minimum atomic E-state index is -2.02. The fourth-order valence-corrected chi connectivity index (χ4v) is 1.09. The van der Waals surface area contributed by atoms with Crippen molar-refractivity contribution < 1.29 is 9.79 Å². The van der Waals surface area contributed by atoms with Gasteiger partial charge in [0.25, 0.3) is 0 Å². The van der Waals surface area contributed by atoms with E-state index < -0.39 is 8.38 Å². The molecule has 0 amide bonds. The molecule has 0 bridgehead atoms. The van der Waals surface area contributed by atoms with Gasteiger partial charge in [-0.15, -0.1) is 0 Å². The fraction of sp³-hybridized carbons (Fsp3) is 0. The standard InChI is InChI=1S/C7H6NO2P/c8-5-6-1-3-7(4-2-6)11(9)10/h1-4,9-10H. The second-order valence-electron chi connectivity index (χ2n) is 1.95. The fourth-order valence-electron chi connectivity index (χ4n) is 0.669. The van der Waals surface area contributed by atoms with Crippen LogP contribution in [0.15, 0.2) is 24.3 Å². The highest BCUT2D eigenvalue weighted by atomic mass is 31.2. The molecule has 56 valence electrons. The second-order valence-corrected chi connectivity index (χ2v) is 3.04. The Balaban J connectivity index is 2.94. The maximum atomic E-state index is 8.72. The highest BCUT2D eigenvalue weighted by Crippen LogP contribution is 2.21. The first-order chi connectivity index (χ1) is 5.24. The molecule has 0 fully saturated rings. The van der Waals surface area contributed by atoms with Gasteiger partial charge in [0.1, 0.15) is 0 Å². The van der Waals surface area contributed by atoms with Gasteiger partial charge in [0, 0.05) is 5.30 Å². The molecule has 0 aromatic heterocycles. The molecule has 0 saturated carbocycles. The first-order valence-corrected chi connectivity index (χ1v) is 4.17. The maximum absolute atomic E-state index is 8.72. The molecule has 0 heterocycles. The normalized spacial score (nSPS) is 9.64. The zero-order chi connectivity index (χ0) is 8.27.